The molecule has 0 saturated heterocycles. The average molecular weight is 210 g/mol. The van der Waals surface area contributed by atoms with Gasteiger partial charge in [0.1, 0.15) is 11.5 Å². The zero-order chi connectivity index (χ0) is 11.3. The lowest BCUT2D eigenvalue weighted by atomic mass is 10.1. The van der Waals surface area contributed by atoms with Gasteiger partial charge in [-0.15, -0.1) is 0 Å². The molecule has 3 heteroatoms. The van der Waals surface area contributed by atoms with Gasteiger partial charge >= 0.3 is 0 Å². The molecule has 0 saturated carbocycles. The van der Waals surface area contributed by atoms with Crippen molar-refractivity contribution in [3.8, 4) is 11.5 Å². The van der Waals surface area contributed by atoms with E-state index in [1.54, 1.807) is 19.2 Å². The second kappa shape index (κ2) is 5.61. The van der Waals surface area contributed by atoms with Gasteiger partial charge in [-0.1, -0.05) is 0 Å². The molecule has 0 amide bonds. The van der Waals surface area contributed by atoms with Gasteiger partial charge in [0.2, 0.25) is 0 Å². The lowest BCUT2D eigenvalue weighted by Crippen LogP contribution is -2.03. The Labute approximate surface area is 90.6 Å². The van der Waals surface area contributed by atoms with E-state index in [1.807, 2.05) is 13.8 Å². The summed E-state index contributed by atoms with van der Waals surface area (Å²) >= 11 is 0. The monoisotopic (exact) mass is 210 g/mol. The summed E-state index contributed by atoms with van der Waals surface area (Å²) in [7, 11) is 1.68. The average Bonchev–Trinajstić information content (AvgIpc) is 2.15. The maximum atomic E-state index is 9.35. The highest BCUT2D eigenvalue weighted by molar-refractivity contribution is 5.45. The van der Waals surface area contributed by atoms with Gasteiger partial charge in [0.25, 0.3) is 0 Å². The summed E-state index contributed by atoms with van der Waals surface area (Å²) in [6, 6.07) is 3.41. The Bertz CT molecular complexity index is 298. The van der Waals surface area contributed by atoms with E-state index < -0.39 is 0 Å². The van der Waals surface area contributed by atoms with Crippen molar-refractivity contribution >= 4 is 0 Å². The molecule has 0 aliphatic carbocycles. The first kappa shape index (κ1) is 11.9. The van der Waals surface area contributed by atoms with Gasteiger partial charge in [-0.3, -0.25) is 0 Å². The predicted octanol–water partition coefficient (Wildman–Crippen LogP) is 2.42. The molecule has 84 valence electrons. The van der Waals surface area contributed by atoms with Crippen LogP contribution in [-0.2, 0) is 4.74 Å². The zero-order valence-electron chi connectivity index (χ0n) is 9.54. The van der Waals surface area contributed by atoms with Crippen molar-refractivity contribution in [2.45, 2.75) is 20.3 Å². The number of phenolic OH excluding ortho intramolecular Hbond substituents is 1. The third kappa shape index (κ3) is 3.44. The number of methoxy groups -OCH3 is 1. The van der Waals surface area contributed by atoms with Crippen molar-refractivity contribution in [1.29, 1.82) is 0 Å². The summed E-state index contributed by atoms with van der Waals surface area (Å²) in [5.74, 6) is 1.15. The second-order valence-electron chi connectivity index (χ2n) is 3.60. The molecule has 0 aromatic heterocycles. The number of hydrogen-bond donors (Lipinski definition) is 1. The molecule has 0 aliphatic heterocycles. The molecular formula is C12H18O3. The molecule has 15 heavy (non-hydrogen) atoms. The first-order chi connectivity index (χ1) is 7.15. The third-order valence-electron chi connectivity index (χ3n) is 2.18. The quantitative estimate of drug-likeness (QED) is 0.758. The Morgan fingerprint density at radius 2 is 1.73 bits per heavy atom. The molecule has 0 spiro atoms. The molecule has 0 atom stereocenters. The van der Waals surface area contributed by atoms with E-state index in [1.165, 1.54) is 0 Å². The number of ether oxygens (including phenoxy) is 2. The maximum Gasteiger partial charge on any atom is 0.125 e. The third-order valence-corrected chi connectivity index (χ3v) is 2.18. The van der Waals surface area contributed by atoms with Crippen LogP contribution in [0.15, 0.2) is 12.1 Å². The van der Waals surface area contributed by atoms with E-state index in [0.717, 1.165) is 23.3 Å². The van der Waals surface area contributed by atoms with E-state index in [-0.39, 0.29) is 5.75 Å². The Morgan fingerprint density at radius 1 is 1.13 bits per heavy atom. The van der Waals surface area contributed by atoms with Gasteiger partial charge in [0.15, 0.2) is 0 Å². The minimum Gasteiger partial charge on any atom is -0.508 e. The number of phenols is 1. The topological polar surface area (TPSA) is 38.7 Å². The van der Waals surface area contributed by atoms with Gasteiger partial charge < -0.3 is 14.6 Å². The minimum atomic E-state index is 0.286. The molecule has 1 N–H and O–H groups in total. The van der Waals surface area contributed by atoms with Crippen LogP contribution < -0.4 is 4.74 Å². The summed E-state index contributed by atoms with van der Waals surface area (Å²) in [5, 5.41) is 9.35. The lowest BCUT2D eigenvalue weighted by molar-refractivity contribution is 0.171. The van der Waals surface area contributed by atoms with E-state index in [4.69, 9.17) is 9.47 Å². The number of rotatable bonds is 5. The maximum absolute atomic E-state index is 9.35. The lowest BCUT2D eigenvalue weighted by Gasteiger charge is -2.12. The van der Waals surface area contributed by atoms with Crippen molar-refractivity contribution in [2.75, 3.05) is 20.3 Å². The van der Waals surface area contributed by atoms with Crippen molar-refractivity contribution in [1.82, 2.24) is 0 Å². The normalized spacial score (nSPS) is 10.3. The van der Waals surface area contributed by atoms with Crippen LogP contribution in [0, 0.1) is 13.8 Å². The highest BCUT2D eigenvalue weighted by atomic mass is 16.5. The fourth-order valence-electron chi connectivity index (χ4n) is 1.53. The molecule has 1 rings (SSSR count). The molecule has 0 fully saturated rings. The molecule has 0 aliphatic rings. The number of benzene rings is 1. The number of aromatic hydroxyl groups is 1. The molecule has 1 aromatic rings. The highest BCUT2D eigenvalue weighted by Crippen LogP contribution is 2.27. The SMILES string of the molecule is COCCCOc1c(C)cc(O)cc1C. The Balaban J connectivity index is 2.60. The Morgan fingerprint density at radius 3 is 2.27 bits per heavy atom. The molecule has 0 heterocycles. The standard InChI is InChI=1S/C12H18O3/c1-9-7-11(13)8-10(2)12(9)15-6-4-5-14-3/h7-8,13H,4-6H2,1-3H3. The molecule has 0 radical (unpaired) electrons. The van der Waals surface area contributed by atoms with Crippen LogP contribution in [0.1, 0.15) is 17.5 Å². The fraction of sp³-hybridized carbons (Fsp3) is 0.500. The molecule has 0 unspecified atom stereocenters. The molecule has 1 aromatic carbocycles. The predicted molar refractivity (Wildman–Crippen MR) is 59.6 cm³/mol. The zero-order valence-corrected chi connectivity index (χ0v) is 9.54. The van der Waals surface area contributed by atoms with Crippen LogP contribution in [-0.4, -0.2) is 25.4 Å². The largest absolute Gasteiger partial charge is 0.508 e. The van der Waals surface area contributed by atoms with Crippen molar-refractivity contribution < 1.29 is 14.6 Å². The van der Waals surface area contributed by atoms with Gasteiger partial charge in [-0.2, -0.15) is 0 Å². The van der Waals surface area contributed by atoms with Gasteiger partial charge in [-0.25, -0.2) is 0 Å². The number of aryl methyl sites for hydroxylation is 2. The van der Waals surface area contributed by atoms with E-state index in [0.29, 0.717) is 13.2 Å². The van der Waals surface area contributed by atoms with Crippen molar-refractivity contribution in [3.63, 3.8) is 0 Å². The van der Waals surface area contributed by atoms with Crippen LogP contribution in [0.4, 0.5) is 0 Å². The van der Waals surface area contributed by atoms with Crippen LogP contribution >= 0.6 is 0 Å². The van der Waals surface area contributed by atoms with Crippen LogP contribution in [0.3, 0.4) is 0 Å². The van der Waals surface area contributed by atoms with Crippen molar-refractivity contribution in [2.24, 2.45) is 0 Å². The summed E-state index contributed by atoms with van der Waals surface area (Å²) in [6.07, 6.45) is 0.871. The minimum absolute atomic E-state index is 0.286. The first-order valence-corrected chi connectivity index (χ1v) is 5.07. The van der Waals surface area contributed by atoms with Crippen LogP contribution in [0.5, 0.6) is 11.5 Å². The summed E-state index contributed by atoms with van der Waals surface area (Å²) < 4.78 is 10.6. The number of hydrogen-bond acceptors (Lipinski definition) is 3. The molecule has 0 bridgehead atoms. The van der Waals surface area contributed by atoms with Gasteiger partial charge in [0.05, 0.1) is 6.61 Å². The first-order valence-electron chi connectivity index (χ1n) is 5.07. The highest BCUT2D eigenvalue weighted by Gasteiger charge is 2.05. The summed E-state index contributed by atoms with van der Waals surface area (Å²) in [6.45, 7) is 5.20. The summed E-state index contributed by atoms with van der Waals surface area (Å²) in [5.41, 5.74) is 1.93. The smallest absolute Gasteiger partial charge is 0.125 e. The van der Waals surface area contributed by atoms with Gasteiger partial charge in [0, 0.05) is 20.1 Å². The Kier molecular flexibility index (Phi) is 4.43. The molecular weight excluding hydrogens is 192 g/mol. The van der Waals surface area contributed by atoms with Gasteiger partial charge in [-0.05, 0) is 37.1 Å². The second-order valence-corrected chi connectivity index (χ2v) is 3.60. The van der Waals surface area contributed by atoms with Crippen molar-refractivity contribution in [3.05, 3.63) is 23.3 Å². The van der Waals surface area contributed by atoms with E-state index in [2.05, 4.69) is 0 Å². The molecule has 3 nitrogen and oxygen atoms in total. The Hall–Kier alpha value is -1.22. The van der Waals surface area contributed by atoms with E-state index in [9.17, 15) is 5.11 Å². The van der Waals surface area contributed by atoms with Crippen LogP contribution in [0.25, 0.3) is 0 Å². The van der Waals surface area contributed by atoms with E-state index >= 15 is 0 Å². The fourth-order valence-corrected chi connectivity index (χ4v) is 1.53. The van der Waals surface area contributed by atoms with Crippen LogP contribution in [0.2, 0.25) is 0 Å². The summed E-state index contributed by atoms with van der Waals surface area (Å²) in [4.78, 5) is 0.